The number of alkyl carbamates (subject to hydrolysis) is 1. The SMILES string of the molecule is O=C(NCC1(C(=O)NCc2ncc(C(=O)O)s2)CC1)OCC1c2ccccc2-c2ccccc21. The van der Waals surface area contributed by atoms with Crippen LogP contribution in [0, 0.1) is 5.41 Å². The Morgan fingerprint density at radius 1 is 1.03 bits per heavy atom. The second-order valence-electron chi connectivity index (χ2n) is 8.57. The molecule has 174 valence electrons. The fourth-order valence-corrected chi connectivity index (χ4v) is 5.06. The van der Waals surface area contributed by atoms with Gasteiger partial charge < -0.3 is 20.5 Å². The zero-order chi connectivity index (χ0) is 23.7. The number of hydrogen-bond donors (Lipinski definition) is 3. The molecule has 5 rings (SSSR count). The molecule has 1 saturated carbocycles. The Kier molecular flexibility index (Phi) is 5.79. The van der Waals surface area contributed by atoms with Gasteiger partial charge in [0.25, 0.3) is 0 Å². The molecule has 0 aliphatic heterocycles. The summed E-state index contributed by atoms with van der Waals surface area (Å²) in [4.78, 5) is 40.2. The Morgan fingerprint density at radius 2 is 1.68 bits per heavy atom. The predicted molar refractivity (Wildman–Crippen MR) is 126 cm³/mol. The van der Waals surface area contributed by atoms with E-state index in [4.69, 9.17) is 9.84 Å². The topological polar surface area (TPSA) is 118 Å². The molecule has 3 aromatic rings. The van der Waals surface area contributed by atoms with Crippen molar-refractivity contribution in [3.63, 3.8) is 0 Å². The minimum atomic E-state index is -1.04. The van der Waals surface area contributed by atoms with Crippen molar-refractivity contribution in [3.8, 4) is 11.1 Å². The van der Waals surface area contributed by atoms with Gasteiger partial charge in [-0.25, -0.2) is 14.6 Å². The standard InChI is InChI=1S/C25H23N3O5S/c29-22(30)20-11-26-21(34-20)12-27-23(31)25(9-10-25)14-28-24(32)33-13-19-17-7-3-1-5-15(17)16-6-2-4-8-18(16)19/h1-8,11,19H,9-10,12-14H2,(H,27,31)(H,28,32)(H,29,30). The molecule has 2 aliphatic carbocycles. The van der Waals surface area contributed by atoms with Crippen LogP contribution in [-0.2, 0) is 16.1 Å². The molecule has 1 aromatic heterocycles. The van der Waals surface area contributed by atoms with Gasteiger partial charge in [-0.1, -0.05) is 48.5 Å². The highest BCUT2D eigenvalue weighted by Gasteiger charge is 2.50. The molecular formula is C25H23N3O5S. The van der Waals surface area contributed by atoms with Crippen LogP contribution in [0.5, 0.6) is 0 Å². The van der Waals surface area contributed by atoms with Crippen molar-refractivity contribution in [2.45, 2.75) is 25.3 Å². The molecule has 2 aromatic carbocycles. The van der Waals surface area contributed by atoms with Crippen molar-refractivity contribution >= 4 is 29.3 Å². The maximum atomic E-state index is 12.7. The third kappa shape index (κ3) is 4.26. The molecule has 0 unspecified atom stereocenters. The molecule has 9 heteroatoms. The number of carboxylic acid groups (broad SMARTS) is 1. The summed E-state index contributed by atoms with van der Waals surface area (Å²) >= 11 is 1.03. The molecule has 8 nitrogen and oxygen atoms in total. The second-order valence-corrected chi connectivity index (χ2v) is 9.68. The van der Waals surface area contributed by atoms with Crippen LogP contribution in [0.25, 0.3) is 11.1 Å². The summed E-state index contributed by atoms with van der Waals surface area (Å²) < 4.78 is 5.55. The highest BCUT2D eigenvalue weighted by atomic mass is 32.1. The largest absolute Gasteiger partial charge is 0.477 e. The zero-order valence-electron chi connectivity index (χ0n) is 18.2. The number of amides is 2. The van der Waals surface area contributed by atoms with Crippen LogP contribution in [0.2, 0.25) is 0 Å². The number of thiazole rings is 1. The number of benzene rings is 2. The fraction of sp³-hybridized carbons (Fsp3) is 0.280. The number of nitrogens with one attached hydrogen (secondary N) is 2. The molecule has 0 spiro atoms. The summed E-state index contributed by atoms with van der Waals surface area (Å²) in [6.45, 7) is 0.562. The lowest BCUT2D eigenvalue weighted by Crippen LogP contribution is -2.40. The molecule has 2 aliphatic rings. The summed E-state index contributed by atoms with van der Waals surface area (Å²) in [6.07, 6.45) is 2.06. The number of ether oxygens (including phenoxy) is 1. The summed E-state index contributed by atoms with van der Waals surface area (Å²) in [5.41, 5.74) is 3.96. The highest BCUT2D eigenvalue weighted by molar-refractivity contribution is 7.13. The second kappa shape index (κ2) is 8.90. The van der Waals surface area contributed by atoms with Crippen LogP contribution < -0.4 is 10.6 Å². The van der Waals surface area contributed by atoms with Gasteiger partial charge in [0.1, 0.15) is 16.5 Å². The number of hydrogen-bond acceptors (Lipinski definition) is 6. The zero-order valence-corrected chi connectivity index (χ0v) is 19.1. The number of aromatic nitrogens is 1. The summed E-state index contributed by atoms with van der Waals surface area (Å²) in [5.74, 6) is -1.25. The molecule has 1 fully saturated rings. The highest BCUT2D eigenvalue weighted by Crippen LogP contribution is 2.46. The van der Waals surface area contributed by atoms with Crippen molar-refractivity contribution in [3.05, 3.63) is 75.7 Å². The lowest BCUT2D eigenvalue weighted by atomic mass is 9.98. The number of fused-ring (bicyclic) bond motifs is 3. The Balaban J connectivity index is 1.13. The average Bonchev–Trinajstić information content (AvgIpc) is 3.37. The monoisotopic (exact) mass is 477 g/mol. The Hall–Kier alpha value is -3.72. The van der Waals surface area contributed by atoms with Gasteiger partial charge in [-0.3, -0.25) is 4.79 Å². The van der Waals surface area contributed by atoms with Gasteiger partial charge in [-0.2, -0.15) is 0 Å². The van der Waals surface area contributed by atoms with E-state index in [2.05, 4.69) is 39.9 Å². The first-order valence-corrected chi connectivity index (χ1v) is 11.8. The normalized spacial score (nSPS) is 15.2. The Bertz CT molecular complexity index is 1220. The van der Waals surface area contributed by atoms with Crippen LogP contribution in [-0.4, -0.2) is 41.2 Å². The first-order chi connectivity index (χ1) is 16.5. The first-order valence-electron chi connectivity index (χ1n) is 11.0. The van der Waals surface area contributed by atoms with E-state index in [1.807, 2.05) is 24.3 Å². The van der Waals surface area contributed by atoms with E-state index in [9.17, 15) is 14.4 Å². The summed E-state index contributed by atoms with van der Waals surface area (Å²) in [7, 11) is 0. The molecule has 3 N–H and O–H groups in total. The van der Waals surface area contributed by atoms with Gasteiger partial charge in [-0.15, -0.1) is 11.3 Å². The molecule has 34 heavy (non-hydrogen) atoms. The molecule has 2 amide bonds. The third-order valence-electron chi connectivity index (χ3n) is 6.41. The van der Waals surface area contributed by atoms with Gasteiger partial charge in [0.15, 0.2) is 0 Å². The minimum absolute atomic E-state index is 0.0228. The lowest BCUT2D eigenvalue weighted by Gasteiger charge is -2.17. The van der Waals surface area contributed by atoms with Crippen molar-refractivity contribution in [1.29, 1.82) is 0 Å². The van der Waals surface area contributed by atoms with E-state index < -0.39 is 17.5 Å². The van der Waals surface area contributed by atoms with Gasteiger partial charge >= 0.3 is 12.1 Å². The van der Waals surface area contributed by atoms with Gasteiger partial charge in [-0.05, 0) is 35.1 Å². The molecule has 0 atom stereocenters. The number of carboxylic acids is 1. The van der Waals surface area contributed by atoms with Crippen LogP contribution in [0.3, 0.4) is 0 Å². The minimum Gasteiger partial charge on any atom is -0.477 e. The fourth-order valence-electron chi connectivity index (χ4n) is 4.36. The van der Waals surface area contributed by atoms with Crippen LogP contribution >= 0.6 is 11.3 Å². The smallest absolute Gasteiger partial charge is 0.407 e. The number of aromatic carboxylic acids is 1. The van der Waals surface area contributed by atoms with Crippen LogP contribution in [0.15, 0.2) is 54.7 Å². The Labute approximate surface area is 200 Å². The lowest BCUT2D eigenvalue weighted by molar-refractivity contribution is -0.126. The summed E-state index contributed by atoms with van der Waals surface area (Å²) in [6, 6.07) is 16.3. The van der Waals surface area contributed by atoms with Crippen LogP contribution in [0.4, 0.5) is 4.79 Å². The van der Waals surface area contributed by atoms with Gasteiger partial charge in [0.05, 0.1) is 18.2 Å². The van der Waals surface area contributed by atoms with Crippen molar-refractivity contribution < 1.29 is 24.2 Å². The van der Waals surface area contributed by atoms with Crippen molar-refractivity contribution in [2.24, 2.45) is 5.41 Å². The van der Waals surface area contributed by atoms with Gasteiger partial charge in [0, 0.05) is 12.5 Å². The Morgan fingerprint density at radius 3 is 2.26 bits per heavy atom. The summed E-state index contributed by atoms with van der Waals surface area (Å²) in [5, 5.41) is 15.0. The number of carbonyl (C=O) groups is 3. The predicted octanol–water partition coefficient (Wildman–Crippen LogP) is 3.78. The van der Waals surface area contributed by atoms with Crippen molar-refractivity contribution in [1.82, 2.24) is 15.6 Å². The molecule has 0 radical (unpaired) electrons. The number of nitrogens with zero attached hydrogens (tertiary/aromatic N) is 1. The molecule has 0 saturated heterocycles. The molecule has 0 bridgehead atoms. The maximum Gasteiger partial charge on any atom is 0.407 e. The average molecular weight is 478 g/mol. The van der Waals surface area contributed by atoms with E-state index >= 15 is 0 Å². The number of rotatable bonds is 8. The van der Waals surface area contributed by atoms with E-state index in [0.717, 1.165) is 33.6 Å². The van der Waals surface area contributed by atoms with Gasteiger partial charge in [0.2, 0.25) is 5.91 Å². The van der Waals surface area contributed by atoms with E-state index in [0.29, 0.717) is 17.8 Å². The maximum absolute atomic E-state index is 12.7. The first kappa shape index (κ1) is 22.1. The van der Waals surface area contributed by atoms with E-state index in [1.165, 1.54) is 6.20 Å². The third-order valence-corrected chi connectivity index (χ3v) is 7.40. The number of carbonyl (C=O) groups excluding carboxylic acids is 2. The van der Waals surface area contributed by atoms with E-state index in [-0.39, 0.29) is 36.4 Å². The van der Waals surface area contributed by atoms with E-state index in [1.54, 1.807) is 0 Å². The molecule has 1 heterocycles. The van der Waals surface area contributed by atoms with Crippen molar-refractivity contribution in [2.75, 3.05) is 13.2 Å². The molecular weight excluding hydrogens is 454 g/mol. The van der Waals surface area contributed by atoms with Crippen LogP contribution in [0.1, 0.15) is 44.6 Å². The quantitative estimate of drug-likeness (QED) is 0.455.